The number of nitrogen functional groups attached to an aromatic ring is 1. The highest BCUT2D eigenvalue weighted by atomic mass is 19.4. The predicted molar refractivity (Wildman–Crippen MR) is 39.9 cm³/mol. The van der Waals surface area contributed by atoms with Gasteiger partial charge in [0, 0.05) is 13.2 Å². The molecule has 1 rings (SSSR count). The molecule has 0 atom stereocenters. The second-order valence-corrected chi connectivity index (χ2v) is 2.54. The number of carbonyl (C=O) groups excluding carboxylic acids is 1. The fourth-order valence-corrected chi connectivity index (χ4v) is 0.942. The molecule has 0 aliphatic rings. The third-order valence-electron chi connectivity index (χ3n) is 1.47. The summed E-state index contributed by atoms with van der Waals surface area (Å²) in [5.41, 5.74) is -0.227. The second-order valence-electron chi connectivity index (χ2n) is 2.54. The number of amides is 1. The van der Waals surface area contributed by atoms with Gasteiger partial charge in [-0.2, -0.15) is 18.3 Å². The van der Waals surface area contributed by atoms with E-state index in [0.29, 0.717) is 0 Å². The Kier molecular flexibility index (Phi) is 2.47. The summed E-state index contributed by atoms with van der Waals surface area (Å²) < 4.78 is 37.7. The average molecular weight is 208 g/mol. The number of nitrogens with two attached hydrogens (primary N) is 1. The van der Waals surface area contributed by atoms with Gasteiger partial charge in [-0.05, 0) is 0 Å². The highest BCUT2D eigenvalue weighted by Gasteiger charge is 2.38. The minimum atomic E-state index is -4.66. The highest BCUT2D eigenvalue weighted by molar-refractivity contribution is 5.94. The molecule has 1 aromatic heterocycles. The summed E-state index contributed by atoms with van der Waals surface area (Å²) in [6.07, 6.45) is -3.71. The second kappa shape index (κ2) is 3.29. The number of rotatable bonds is 1. The van der Waals surface area contributed by atoms with Gasteiger partial charge in [-0.15, -0.1) is 0 Å². The van der Waals surface area contributed by atoms with E-state index in [1.54, 1.807) is 5.43 Å². The van der Waals surface area contributed by atoms with Crippen LogP contribution in [0, 0.1) is 0 Å². The Hall–Kier alpha value is -1.57. The number of hydrazine groups is 1. The van der Waals surface area contributed by atoms with Crippen molar-refractivity contribution in [2.45, 2.75) is 6.18 Å². The number of carbonyl (C=O) groups is 1. The van der Waals surface area contributed by atoms with Crippen molar-refractivity contribution in [3.63, 3.8) is 0 Å². The van der Waals surface area contributed by atoms with E-state index in [1.165, 1.54) is 7.05 Å². The van der Waals surface area contributed by atoms with E-state index >= 15 is 0 Å². The molecule has 14 heavy (non-hydrogen) atoms. The smallest absolute Gasteiger partial charge is 0.290 e. The lowest BCUT2D eigenvalue weighted by Gasteiger charge is -2.04. The van der Waals surface area contributed by atoms with Crippen LogP contribution in [0.15, 0.2) is 6.20 Å². The first-order valence-electron chi connectivity index (χ1n) is 3.48. The number of halogens is 3. The van der Waals surface area contributed by atoms with Crippen molar-refractivity contribution in [2.24, 2.45) is 12.9 Å². The Morgan fingerprint density at radius 2 is 2.21 bits per heavy atom. The maximum atomic E-state index is 12.3. The molecule has 1 amide bonds. The minimum Gasteiger partial charge on any atom is -0.290 e. The van der Waals surface area contributed by atoms with Crippen LogP contribution in [0.2, 0.25) is 0 Å². The van der Waals surface area contributed by atoms with Gasteiger partial charge in [0.05, 0.1) is 5.56 Å². The van der Waals surface area contributed by atoms with E-state index in [4.69, 9.17) is 5.84 Å². The van der Waals surface area contributed by atoms with Crippen molar-refractivity contribution in [3.8, 4) is 0 Å². The van der Waals surface area contributed by atoms with Gasteiger partial charge in [0.15, 0.2) is 5.69 Å². The van der Waals surface area contributed by atoms with Gasteiger partial charge in [-0.25, -0.2) is 5.84 Å². The lowest BCUT2D eigenvalue weighted by molar-refractivity contribution is -0.141. The first kappa shape index (κ1) is 10.5. The van der Waals surface area contributed by atoms with E-state index in [9.17, 15) is 18.0 Å². The molecule has 0 saturated heterocycles. The molecule has 0 unspecified atom stereocenters. The Morgan fingerprint density at radius 3 is 2.64 bits per heavy atom. The van der Waals surface area contributed by atoms with Crippen LogP contribution in [0.25, 0.3) is 0 Å². The zero-order valence-electron chi connectivity index (χ0n) is 7.09. The summed E-state index contributed by atoms with van der Waals surface area (Å²) in [5, 5.41) is 3.13. The number of hydrogen-bond acceptors (Lipinski definition) is 3. The molecule has 1 aromatic rings. The Balaban J connectivity index is 3.23. The van der Waals surface area contributed by atoms with Crippen LogP contribution in [0.5, 0.6) is 0 Å². The molecular weight excluding hydrogens is 201 g/mol. The van der Waals surface area contributed by atoms with Gasteiger partial charge in [-0.1, -0.05) is 0 Å². The third-order valence-corrected chi connectivity index (χ3v) is 1.47. The molecule has 0 radical (unpaired) electrons. The molecule has 0 spiro atoms. The van der Waals surface area contributed by atoms with Crippen LogP contribution in [0.1, 0.15) is 16.1 Å². The fourth-order valence-electron chi connectivity index (χ4n) is 0.942. The van der Waals surface area contributed by atoms with E-state index in [0.717, 1.165) is 10.9 Å². The van der Waals surface area contributed by atoms with Crippen molar-refractivity contribution in [1.82, 2.24) is 15.2 Å². The summed E-state index contributed by atoms with van der Waals surface area (Å²) in [4.78, 5) is 10.9. The van der Waals surface area contributed by atoms with Crippen LogP contribution in [0.3, 0.4) is 0 Å². The van der Waals surface area contributed by atoms with Crippen LogP contribution in [-0.4, -0.2) is 15.7 Å². The summed E-state index contributed by atoms with van der Waals surface area (Å²) in [7, 11) is 1.28. The van der Waals surface area contributed by atoms with Crippen LogP contribution in [-0.2, 0) is 13.2 Å². The molecule has 0 aliphatic carbocycles. The Morgan fingerprint density at radius 1 is 1.64 bits per heavy atom. The van der Waals surface area contributed by atoms with Crippen molar-refractivity contribution in [2.75, 3.05) is 0 Å². The van der Waals surface area contributed by atoms with Crippen molar-refractivity contribution in [1.29, 1.82) is 0 Å². The van der Waals surface area contributed by atoms with Crippen molar-refractivity contribution < 1.29 is 18.0 Å². The maximum absolute atomic E-state index is 12.3. The van der Waals surface area contributed by atoms with E-state index in [-0.39, 0.29) is 0 Å². The molecule has 3 N–H and O–H groups in total. The van der Waals surface area contributed by atoms with Crippen LogP contribution in [0.4, 0.5) is 13.2 Å². The van der Waals surface area contributed by atoms with E-state index in [2.05, 4.69) is 5.10 Å². The number of nitrogens with one attached hydrogen (secondary N) is 1. The van der Waals surface area contributed by atoms with Crippen LogP contribution >= 0.6 is 0 Å². The highest BCUT2D eigenvalue weighted by Crippen LogP contribution is 2.30. The largest absolute Gasteiger partial charge is 0.435 e. The Labute approximate surface area is 76.7 Å². The molecule has 1 heterocycles. The molecule has 0 bridgehead atoms. The summed E-state index contributed by atoms with van der Waals surface area (Å²) >= 11 is 0. The number of alkyl halides is 3. The monoisotopic (exact) mass is 208 g/mol. The maximum Gasteiger partial charge on any atom is 0.435 e. The Bertz CT molecular complexity index is 356. The lowest BCUT2D eigenvalue weighted by atomic mass is 10.2. The molecule has 0 aliphatic heterocycles. The predicted octanol–water partition coefficient (Wildman–Crippen LogP) is 0.0424. The summed E-state index contributed by atoms with van der Waals surface area (Å²) in [5.74, 6) is 3.70. The number of nitrogens with zero attached hydrogens (tertiary/aromatic N) is 2. The zero-order chi connectivity index (χ0) is 10.9. The number of hydrogen-bond donors (Lipinski definition) is 2. The van der Waals surface area contributed by atoms with Gasteiger partial charge in [0.25, 0.3) is 5.91 Å². The van der Waals surface area contributed by atoms with Gasteiger partial charge in [-0.3, -0.25) is 14.9 Å². The first-order chi connectivity index (χ1) is 6.36. The normalized spacial score (nSPS) is 11.5. The lowest BCUT2D eigenvalue weighted by Crippen LogP contribution is -2.31. The summed E-state index contributed by atoms with van der Waals surface area (Å²) in [6, 6.07) is 0. The fraction of sp³-hybridized carbons (Fsp3) is 0.333. The topological polar surface area (TPSA) is 72.9 Å². The zero-order valence-corrected chi connectivity index (χ0v) is 7.09. The molecule has 5 nitrogen and oxygen atoms in total. The third kappa shape index (κ3) is 1.84. The molecule has 78 valence electrons. The average Bonchev–Trinajstić information content (AvgIpc) is 2.45. The van der Waals surface area contributed by atoms with E-state index in [1.807, 2.05) is 0 Å². The van der Waals surface area contributed by atoms with Crippen molar-refractivity contribution >= 4 is 5.91 Å². The van der Waals surface area contributed by atoms with Gasteiger partial charge >= 0.3 is 6.18 Å². The molecular formula is C6H7F3N4O. The standard InChI is InChI=1S/C6H7F3N4O/c1-13-2-3(5(14)11-10)4(12-13)6(7,8)9/h2H,10H2,1H3,(H,11,14). The SMILES string of the molecule is Cn1cc(C(=O)NN)c(C(F)(F)F)n1. The van der Waals surface area contributed by atoms with Gasteiger partial charge < -0.3 is 0 Å². The van der Waals surface area contributed by atoms with E-state index < -0.39 is 23.3 Å². The van der Waals surface area contributed by atoms with Crippen molar-refractivity contribution in [3.05, 3.63) is 17.5 Å². The van der Waals surface area contributed by atoms with Gasteiger partial charge in [0.2, 0.25) is 0 Å². The minimum absolute atomic E-state index is 0.595. The van der Waals surface area contributed by atoms with Crippen LogP contribution < -0.4 is 11.3 Å². The first-order valence-corrected chi connectivity index (χ1v) is 3.48. The summed E-state index contributed by atoms with van der Waals surface area (Å²) in [6.45, 7) is 0. The van der Waals surface area contributed by atoms with Gasteiger partial charge in [0.1, 0.15) is 0 Å². The molecule has 0 saturated carbocycles. The number of aryl methyl sites for hydroxylation is 1. The molecule has 8 heteroatoms. The molecule has 0 aromatic carbocycles. The quantitative estimate of drug-likeness (QED) is 0.389. The number of aromatic nitrogens is 2. The molecule has 0 fully saturated rings.